The number of hydrogen-bond donors (Lipinski definition) is 0. The molecule has 1 aliphatic carbocycles. The maximum absolute atomic E-state index is 12.7. The van der Waals surface area contributed by atoms with Gasteiger partial charge in [0.2, 0.25) is 0 Å². The van der Waals surface area contributed by atoms with Gasteiger partial charge >= 0.3 is 0 Å². The van der Waals surface area contributed by atoms with Crippen LogP contribution < -0.4 is 0 Å². The van der Waals surface area contributed by atoms with E-state index in [1.165, 1.54) is 0 Å². The molecule has 0 radical (unpaired) electrons. The SMILES string of the molecule is C#CCn1c(C)c(C=C2C(=O)c3ccccc3C2=O)c2ccccc21. The topological polar surface area (TPSA) is 39.1 Å². The first kappa shape index (κ1) is 15.2. The highest BCUT2D eigenvalue weighted by atomic mass is 16.2. The molecule has 2 aromatic carbocycles. The maximum atomic E-state index is 12.7. The van der Waals surface area contributed by atoms with Gasteiger partial charge in [-0.1, -0.05) is 48.4 Å². The van der Waals surface area contributed by atoms with Crippen molar-refractivity contribution in [1.82, 2.24) is 4.57 Å². The number of carbonyl (C=O) groups is 2. The van der Waals surface area contributed by atoms with Crippen molar-refractivity contribution in [2.45, 2.75) is 13.5 Å². The number of Topliss-reactive ketones (excluding diaryl/α,β-unsaturated/α-hetero) is 2. The minimum absolute atomic E-state index is 0.214. The summed E-state index contributed by atoms with van der Waals surface area (Å²) in [4.78, 5) is 25.3. The summed E-state index contributed by atoms with van der Waals surface area (Å²) in [6.45, 7) is 2.40. The third kappa shape index (κ3) is 2.15. The average molecular weight is 325 g/mol. The van der Waals surface area contributed by atoms with Crippen LogP contribution in [-0.2, 0) is 6.54 Å². The van der Waals surface area contributed by atoms with Crippen molar-refractivity contribution in [2.75, 3.05) is 0 Å². The van der Waals surface area contributed by atoms with Crippen LogP contribution in [0.5, 0.6) is 0 Å². The van der Waals surface area contributed by atoms with Gasteiger partial charge in [0.05, 0.1) is 12.1 Å². The lowest BCUT2D eigenvalue weighted by Crippen LogP contribution is -2.01. The van der Waals surface area contributed by atoms with E-state index >= 15 is 0 Å². The smallest absolute Gasteiger partial charge is 0.197 e. The Kier molecular flexibility index (Phi) is 3.40. The number of fused-ring (bicyclic) bond motifs is 2. The minimum Gasteiger partial charge on any atom is -0.333 e. The second-order valence-corrected chi connectivity index (χ2v) is 6.07. The van der Waals surface area contributed by atoms with Gasteiger partial charge in [0.25, 0.3) is 0 Å². The summed E-state index contributed by atoms with van der Waals surface area (Å²) in [7, 11) is 0. The zero-order valence-corrected chi connectivity index (χ0v) is 13.7. The quantitative estimate of drug-likeness (QED) is 0.405. The Morgan fingerprint density at radius 3 is 2.24 bits per heavy atom. The highest BCUT2D eigenvalue weighted by Gasteiger charge is 2.33. The lowest BCUT2D eigenvalue weighted by Gasteiger charge is -2.03. The number of carbonyl (C=O) groups excluding carboxylic acids is 2. The number of ketones is 2. The van der Waals surface area contributed by atoms with Crippen LogP contribution >= 0.6 is 0 Å². The molecule has 0 saturated carbocycles. The highest BCUT2D eigenvalue weighted by Crippen LogP contribution is 2.32. The molecule has 1 aromatic heterocycles. The fraction of sp³-hybridized carbons (Fsp3) is 0.0909. The van der Waals surface area contributed by atoms with Crippen molar-refractivity contribution in [1.29, 1.82) is 0 Å². The van der Waals surface area contributed by atoms with E-state index in [4.69, 9.17) is 6.42 Å². The van der Waals surface area contributed by atoms with Gasteiger partial charge in [0.15, 0.2) is 11.6 Å². The minimum atomic E-state index is -0.214. The fourth-order valence-corrected chi connectivity index (χ4v) is 3.48. The number of terminal acetylenes is 1. The van der Waals surface area contributed by atoms with E-state index in [2.05, 4.69) is 5.92 Å². The van der Waals surface area contributed by atoms with Gasteiger partial charge in [-0.05, 0) is 19.1 Å². The van der Waals surface area contributed by atoms with Gasteiger partial charge in [0.1, 0.15) is 0 Å². The molecule has 3 nitrogen and oxygen atoms in total. The van der Waals surface area contributed by atoms with E-state index in [-0.39, 0.29) is 17.1 Å². The predicted octanol–water partition coefficient (Wildman–Crippen LogP) is 4.05. The normalized spacial score (nSPS) is 13.2. The van der Waals surface area contributed by atoms with Gasteiger partial charge in [0, 0.05) is 33.3 Å². The number of rotatable bonds is 2. The van der Waals surface area contributed by atoms with Crippen molar-refractivity contribution in [3.8, 4) is 12.3 Å². The van der Waals surface area contributed by atoms with Crippen molar-refractivity contribution in [3.05, 3.63) is 76.5 Å². The molecule has 0 fully saturated rings. The van der Waals surface area contributed by atoms with Gasteiger partial charge in [-0.25, -0.2) is 0 Å². The zero-order valence-electron chi connectivity index (χ0n) is 13.7. The first-order valence-electron chi connectivity index (χ1n) is 8.05. The van der Waals surface area contributed by atoms with Crippen molar-refractivity contribution < 1.29 is 9.59 Å². The Balaban J connectivity index is 1.95. The Morgan fingerprint density at radius 1 is 1.00 bits per heavy atom. The molecule has 0 bridgehead atoms. The molecule has 3 heteroatoms. The largest absolute Gasteiger partial charge is 0.333 e. The second-order valence-electron chi connectivity index (χ2n) is 6.07. The van der Waals surface area contributed by atoms with Gasteiger partial charge in [-0.2, -0.15) is 0 Å². The third-order valence-electron chi connectivity index (χ3n) is 4.72. The van der Waals surface area contributed by atoms with Crippen molar-refractivity contribution >= 4 is 28.5 Å². The van der Waals surface area contributed by atoms with Crippen LogP contribution in [0.3, 0.4) is 0 Å². The van der Waals surface area contributed by atoms with E-state index in [0.717, 1.165) is 22.2 Å². The maximum Gasteiger partial charge on any atom is 0.197 e. The van der Waals surface area contributed by atoms with E-state index in [1.54, 1.807) is 30.3 Å². The number of benzene rings is 2. The van der Waals surface area contributed by atoms with Crippen LogP contribution in [0.2, 0.25) is 0 Å². The molecule has 3 aromatic rings. The first-order chi connectivity index (χ1) is 12.1. The van der Waals surface area contributed by atoms with E-state index in [0.29, 0.717) is 17.7 Å². The van der Waals surface area contributed by atoms with E-state index in [9.17, 15) is 9.59 Å². The average Bonchev–Trinajstić information content (AvgIpc) is 3.04. The lowest BCUT2D eigenvalue weighted by atomic mass is 10.0. The Labute approximate surface area is 145 Å². The molecular weight excluding hydrogens is 310 g/mol. The fourth-order valence-electron chi connectivity index (χ4n) is 3.48. The molecule has 1 aliphatic rings. The third-order valence-corrected chi connectivity index (χ3v) is 4.72. The number of para-hydroxylation sites is 1. The monoisotopic (exact) mass is 325 g/mol. The molecule has 0 spiro atoms. The Bertz CT molecular complexity index is 1090. The standard InChI is InChI=1S/C22H15NO2/c1-3-12-23-14(2)18(15-8-6-7-11-20(15)23)13-19-21(24)16-9-4-5-10-17(16)22(19)25/h1,4-11,13H,12H2,2H3. The predicted molar refractivity (Wildman–Crippen MR) is 98.6 cm³/mol. The molecule has 25 heavy (non-hydrogen) atoms. The number of nitrogens with zero attached hydrogens (tertiary/aromatic N) is 1. The molecular formula is C22H15NO2. The second kappa shape index (κ2) is 5.61. The van der Waals surface area contributed by atoms with Crippen LogP contribution in [0.15, 0.2) is 54.1 Å². The molecule has 0 N–H and O–H groups in total. The van der Waals surface area contributed by atoms with Gasteiger partial charge < -0.3 is 4.57 Å². The summed E-state index contributed by atoms with van der Waals surface area (Å²) < 4.78 is 2.03. The summed E-state index contributed by atoms with van der Waals surface area (Å²) in [6.07, 6.45) is 7.22. The molecule has 0 unspecified atom stereocenters. The summed E-state index contributed by atoms with van der Waals surface area (Å²) in [5.74, 6) is 2.24. The Hall–Kier alpha value is -3.38. The molecule has 0 amide bonds. The van der Waals surface area contributed by atoms with E-state index < -0.39 is 0 Å². The molecule has 120 valence electrons. The number of allylic oxidation sites excluding steroid dienone is 1. The Morgan fingerprint density at radius 2 is 1.60 bits per heavy atom. The summed E-state index contributed by atoms with van der Waals surface area (Å²) in [6, 6.07) is 14.8. The molecule has 0 saturated heterocycles. The van der Waals surface area contributed by atoms with Crippen molar-refractivity contribution in [2.24, 2.45) is 0 Å². The lowest BCUT2D eigenvalue weighted by molar-refractivity contribution is 0.0990. The van der Waals surface area contributed by atoms with Gasteiger partial charge in [-0.15, -0.1) is 6.42 Å². The van der Waals surface area contributed by atoms with Crippen LogP contribution in [0.25, 0.3) is 17.0 Å². The van der Waals surface area contributed by atoms with E-state index in [1.807, 2.05) is 35.8 Å². The van der Waals surface area contributed by atoms with Crippen LogP contribution in [-0.4, -0.2) is 16.1 Å². The van der Waals surface area contributed by atoms with Crippen LogP contribution in [0.1, 0.15) is 32.0 Å². The molecule has 0 atom stereocenters. The summed E-state index contributed by atoms with van der Waals surface area (Å²) in [5.41, 5.74) is 3.99. The zero-order chi connectivity index (χ0) is 17.6. The summed E-state index contributed by atoms with van der Waals surface area (Å²) >= 11 is 0. The van der Waals surface area contributed by atoms with Crippen LogP contribution in [0.4, 0.5) is 0 Å². The first-order valence-corrected chi connectivity index (χ1v) is 8.05. The van der Waals surface area contributed by atoms with Crippen molar-refractivity contribution in [3.63, 3.8) is 0 Å². The number of aromatic nitrogens is 1. The number of hydrogen-bond acceptors (Lipinski definition) is 2. The highest BCUT2D eigenvalue weighted by molar-refractivity contribution is 6.41. The molecule has 0 aliphatic heterocycles. The molecule has 4 rings (SSSR count). The summed E-state index contributed by atoms with van der Waals surface area (Å²) in [5, 5.41) is 0.985. The molecule has 1 heterocycles. The van der Waals surface area contributed by atoms with Crippen LogP contribution in [0, 0.1) is 19.3 Å². The van der Waals surface area contributed by atoms with Gasteiger partial charge in [-0.3, -0.25) is 9.59 Å².